The van der Waals surface area contributed by atoms with Gasteiger partial charge in [0.1, 0.15) is 0 Å². The van der Waals surface area contributed by atoms with Gasteiger partial charge in [-0.3, -0.25) is 4.79 Å². The smallest absolute Gasteiger partial charge is 0.161 e. The Hall–Kier alpha value is -0.680. The summed E-state index contributed by atoms with van der Waals surface area (Å²) < 4.78 is 1.17. The van der Waals surface area contributed by atoms with Crippen LogP contribution in [0.25, 0.3) is 6.08 Å². The van der Waals surface area contributed by atoms with Gasteiger partial charge in [0.2, 0.25) is 0 Å². The highest BCUT2D eigenvalue weighted by Gasteiger charge is 2.51. The highest BCUT2D eigenvalue weighted by Crippen LogP contribution is 2.53. The Morgan fingerprint density at radius 3 is 2.86 bits per heavy atom. The molecule has 2 saturated carbocycles. The van der Waals surface area contributed by atoms with Gasteiger partial charge < -0.3 is 5.11 Å². The molecule has 0 amide bonds. The fourth-order valence-corrected chi connectivity index (χ4v) is 4.97. The molecule has 3 heteroatoms. The summed E-state index contributed by atoms with van der Waals surface area (Å²) in [5.41, 5.74) is 1.81. The molecule has 2 fully saturated rings. The summed E-state index contributed by atoms with van der Waals surface area (Å²) in [4.78, 5) is 12.8. The zero-order chi connectivity index (χ0) is 15.9. The Kier molecular flexibility index (Phi) is 4.47. The fraction of sp³-hybridized carbons (Fsp3) is 0.526. The minimum absolute atomic E-state index is 0.0164. The number of fused-ring (bicyclic) bond motifs is 1. The molecule has 118 valence electrons. The van der Waals surface area contributed by atoms with E-state index in [1.54, 1.807) is 0 Å². The molecule has 2 nitrogen and oxygen atoms in total. The molecular formula is C19H23IO2. The summed E-state index contributed by atoms with van der Waals surface area (Å²) in [5.74, 6) is 0.606. The zero-order valence-corrected chi connectivity index (χ0v) is 15.3. The van der Waals surface area contributed by atoms with Crippen LogP contribution in [0.3, 0.4) is 0 Å². The zero-order valence-electron chi connectivity index (χ0n) is 13.2. The molecular weight excluding hydrogens is 387 g/mol. The maximum absolute atomic E-state index is 12.8. The van der Waals surface area contributed by atoms with Gasteiger partial charge in [0.25, 0.3) is 0 Å². The topological polar surface area (TPSA) is 37.3 Å². The average Bonchev–Trinajstić information content (AvgIpc) is 2.47. The molecule has 1 aromatic rings. The molecule has 0 heterocycles. The molecule has 4 atom stereocenters. The van der Waals surface area contributed by atoms with Crippen LogP contribution < -0.4 is 0 Å². The Morgan fingerprint density at radius 1 is 1.36 bits per heavy atom. The van der Waals surface area contributed by atoms with Crippen LogP contribution in [0.5, 0.6) is 0 Å². The van der Waals surface area contributed by atoms with Crippen molar-refractivity contribution in [1.82, 2.24) is 0 Å². The summed E-state index contributed by atoms with van der Waals surface area (Å²) in [5, 5.41) is 10.6. The molecule has 3 rings (SSSR count). The molecule has 0 aromatic heterocycles. The van der Waals surface area contributed by atoms with Gasteiger partial charge in [-0.2, -0.15) is 0 Å². The third kappa shape index (κ3) is 2.78. The van der Waals surface area contributed by atoms with E-state index in [1.165, 1.54) is 3.57 Å². The molecule has 0 radical (unpaired) electrons. The summed E-state index contributed by atoms with van der Waals surface area (Å²) in [6.45, 7) is 4.22. The SMILES string of the molecule is CC1C(=O)/C(=C\c2cccc(I)c2)C[C@@]2(C)C1CCC[C@@H]2O. The predicted octanol–water partition coefficient (Wildman–Crippen LogP) is 4.45. The number of carbonyl (C=O) groups excluding carboxylic acids is 1. The minimum atomic E-state index is -0.291. The van der Waals surface area contributed by atoms with E-state index in [9.17, 15) is 9.90 Å². The van der Waals surface area contributed by atoms with Gasteiger partial charge in [-0.15, -0.1) is 0 Å². The van der Waals surface area contributed by atoms with Crippen LogP contribution in [0.4, 0.5) is 0 Å². The Balaban J connectivity index is 1.97. The number of rotatable bonds is 1. The molecule has 1 aromatic carbocycles. The van der Waals surface area contributed by atoms with E-state index in [1.807, 2.05) is 25.1 Å². The first-order chi connectivity index (χ1) is 10.4. The monoisotopic (exact) mass is 410 g/mol. The number of halogens is 1. The van der Waals surface area contributed by atoms with E-state index in [-0.39, 0.29) is 23.2 Å². The van der Waals surface area contributed by atoms with Gasteiger partial charge in [0.15, 0.2) is 5.78 Å². The normalized spacial score (nSPS) is 37.2. The lowest BCUT2D eigenvalue weighted by molar-refractivity contribution is -0.133. The van der Waals surface area contributed by atoms with E-state index in [2.05, 4.69) is 41.6 Å². The highest BCUT2D eigenvalue weighted by molar-refractivity contribution is 14.1. The third-order valence-corrected chi connectivity index (χ3v) is 6.37. The molecule has 0 aliphatic heterocycles. The van der Waals surface area contributed by atoms with Crippen LogP contribution in [-0.4, -0.2) is 17.0 Å². The number of ketones is 1. The van der Waals surface area contributed by atoms with Crippen molar-refractivity contribution in [3.05, 3.63) is 39.0 Å². The summed E-state index contributed by atoms with van der Waals surface area (Å²) in [7, 11) is 0. The van der Waals surface area contributed by atoms with Gasteiger partial charge in [-0.25, -0.2) is 0 Å². The van der Waals surface area contributed by atoms with Gasteiger partial charge >= 0.3 is 0 Å². The maximum Gasteiger partial charge on any atom is 0.161 e. The van der Waals surface area contributed by atoms with Gasteiger partial charge in [-0.1, -0.05) is 32.4 Å². The largest absolute Gasteiger partial charge is 0.393 e. The number of aliphatic hydroxyl groups is 1. The van der Waals surface area contributed by atoms with Crippen molar-refractivity contribution in [2.45, 2.75) is 45.6 Å². The molecule has 0 bridgehead atoms. The van der Waals surface area contributed by atoms with Crippen LogP contribution >= 0.6 is 22.6 Å². The number of hydrogen-bond donors (Lipinski definition) is 1. The van der Waals surface area contributed by atoms with Crippen LogP contribution in [0.15, 0.2) is 29.8 Å². The standard InChI is InChI=1S/C19H23IO2/c1-12-16-7-4-8-17(21)19(16,2)11-14(18(12)22)9-13-5-3-6-15(20)10-13/h3,5-6,9-10,12,16-17,21H,4,7-8,11H2,1-2H3/b14-9-/t12?,16?,17-,19-/m0/s1. The molecule has 2 aliphatic rings. The fourth-order valence-electron chi connectivity index (χ4n) is 4.40. The lowest BCUT2D eigenvalue weighted by Gasteiger charge is -2.51. The minimum Gasteiger partial charge on any atom is -0.393 e. The molecule has 22 heavy (non-hydrogen) atoms. The number of Topliss-reactive ketones (excluding diaryl/α,β-unsaturated/α-hetero) is 1. The molecule has 2 aliphatic carbocycles. The first kappa shape index (κ1) is 16.2. The molecule has 0 saturated heterocycles. The second-order valence-electron chi connectivity index (χ2n) is 7.11. The second kappa shape index (κ2) is 6.08. The summed E-state index contributed by atoms with van der Waals surface area (Å²) >= 11 is 2.29. The molecule has 1 N–H and O–H groups in total. The van der Waals surface area contributed by atoms with Gasteiger partial charge in [0.05, 0.1) is 6.10 Å². The lowest BCUT2D eigenvalue weighted by atomic mass is 9.54. The molecule has 2 unspecified atom stereocenters. The van der Waals surface area contributed by atoms with E-state index in [0.29, 0.717) is 12.3 Å². The van der Waals surface area contributed by atoms with Crippen molar-refractivity contribution in [2.75, 3.05) is 0 Å². The lowest BCUT2D eigenvalue weighted by Crippen LogP contribution is -2.51. The summed E-state index contributed by atoms with van der Waals surface area (Å²) in [6.07, 6.45) is 5.41. The van der Waals surface area contributed by atoms with Gasteiger partial charge in [-0.05, 0) is 77.1 Å². The highest BCUT2D eigenvalue weighted by atomic mass is 127. The van der Waals surface area contributed by atoms with E-state index >= 15 is 0 Å². The Bertz CT molecular complexity index is 622. The first-order valence-corrected chi connectivity index (χ1v) is 9.18. The number of carbonyl (C=O) groups is 1. The predicted molar refractivity (Wildman–Crippen MR) is 97.4 cm³/mol. The number of aliphatic hydroxyl groups excluding tert-OH is 1. The Labute approximate surface area is 146 Å². The van der Waals surface area contributed by atoms with E-state index in [0.717, 1.165) is 30.4 Å². The average molecular weight is 410 g/mol. The first-order valence-electron chi connectivity index (χ1n) is 8.10. The third-order valence-electron chi connectivity index (χ3n) is 5.70. The molecule has 0 spiro atoms. The maximum atomic E-state index is 12.8. The van der Waals surface area contributed by atoms with Crippen molar-refractivity contribution < 1.29 is 9.90 Å². The van der Waals surface area contributed by atoms with Crippen molar-refractivity contribution in [3.63, 3.8) is 0 Å². The quantitative estimate of drug-likeness (QED) is 0.549. The number of allylic oxidation sites excluding steroid dienone is 1. The number of benzene rings is 1. The van der Waals surface area contributed by atoms with Crippen LogP contribution in [0.2, 0.25) is 0 Å². The Morgan fingerprint density at radius 2 is 2.14 bits per heavy atom. The van der Waals surface area contributed by atoms with E-state index in [4.69, 9.17) is 0 Å². The second-order valence-corrected chi connectivity index (χ2v) is 8.36. The number of hydrogen-bond acceptors (Lipinski definition) is 2. The van der Waals surface area contributed by atoms with Crippen LogP contribution in [0, 0.1) is 20.8 Å². The van der Waals surface area contributed by atoms with Crippen molar-refractivity contribution >= 4 is 34.5 Å². The summed E-state index contributed by atoms with van der Waals surface area (Å²) in [6, 6.07) is 8.21. The van der Waals surface area contributed by atoms with Gasteiger partial charge in [0, 0.05) is 14.9 Å². The van der Waals surface area contributed by atoms with Crippen LogP contribution in [-0.2, 0) is 4.79 Å². The van der Waals surface area contributed by atoms with Crippen LogP contribution in [0.1, 0.15) is 45.1 Å². The van der Waals surface area contributed by atoms with E-state index < -0.39 is 0 Å². The van der Waals surface area contributed by atoms with Crippen molar-refractivity contribution in [2.24, 2.45) is 17.3 Å². The van der Waals surface area contributed by atoms with Crippen molar-refractivity contribution in [3.8, 4) is 0 Å². The van der Waals surface area contributed by atoms with Crippen molar-refractivity contribution in [1.29, 1.82) is 0 Å².